The number of carboxylic acid groups (broad SMARTS) is 2. The molecule has 0 aromatic carbocycles. The summed E-state index contributed by atoms with van der Waals surface area (Å²) in [6, 6.07) is -2.15. The molecule has 0 spiro atoms. The van der Waals surface area contributed by atoms with E-state index in [0.717, 1.165) is 0 Å². The highest BCUT2D eigenvalue weighted by Crippen LogP contribution is 2.43. The van der Waals surface area contributed by atoms with E-state index in [1.165, 1.54) is 0 Å². The van der Waals surface area contributed by atoms with Crippen LogP contribution in [0.3, 0.4) is 0 Å². The molecule has 122 heavy (non-hydrogen) atoms. The van der Waals surface area contributed by atoms with Crippen molar-refractivity contribution < 1.29 is 278 Å². The molecule has 53 atom stereocenters. The summed E-state index contributed by atoms with van der Waals surface area (Å²) in [7, 11) is 0. The van der Waals surface area contributed by atoms with Gasteiger partial charge in [0.25, 0.3) is 5.79 Å². The van der Waals surface area contributed by atoms with E-state index < -0.39 is 403 Å². The number of ether oxygens (including phenoxy) is 19. The van der Waals surface area contributed by atoms with Crippen molar-refractivity contribution in [2.45, 2.75) is 331 Å². The Bertz CT molecular complexity index is 3230. The van der Waals surface area contributed by atoms with Crippen molar-refractivity contribution in [1.29, 1.82) is 0 Å². The highest BCUT2D eigenvalue weighted by Gasteiger charge is 2.64. The SMILES string of the molecule is N[C@H]1[C@@H](O[C@@H]2[C@H](O)[C@@H](O)[C@@H](O[C@H]3[C@H](O)[C@@H]([C@@H](O)CO[C@H]4O[C@H]([C@@H](O)CO)[C@@H](O)[C@H](O)[C@@H]4O)O[C@H](O[C@@H]4[C@H](O)[C@@H](O[C@H]5[C@@H]([C@H](O)CO)O[C@@](O)(C(=O)O)C[C@H]5O)O[C@H]([C@@H](O)CO)[C@H]4O[C@@H]4O[C@H](CO)[C@@H](O)[C@H](O)[C@H]4O)[C@H]3O[C@@H]3O[C@H](CO)[C@@H](O)[C@H](O)[C@H]3O)O[C@@H]2C(=O)O)O[C@H](CO[C@@H]2O[C@H](CO)[C@@H](O)[C@H](O)[C@H]2O)[C@@H](O[C@@H]2O[C@H](CO)[C@H](O)[C@H](O)[C@H]2O)[C@@H]1O. The molecular formula is C65H109NO56. The lowest BCUT2D eigenvalue weighted by Crippen LogP contribution is -2.71. The van der Waals surface area contributed by atoms with Crippen LogP contribution in [-0.2, 0) is 99.6 Å². The van der Waals surface area contributed by atoms with Crippen LogP contribution in [0.25, 0.3) is 0 Å². The third-order valence-corrected chi connectivity index (χ3v) is 22.4. The van der Waals surface area contributed by atoms with Crippen molar-refractivity contribution in [2.24, 2.45) is 5.73 Å². The van der Waals surface area contributed by atoms with E-state index in [2.05, 4.69) is 0 Å². The van der Waals surface area contributed by atoms with Gasteiger partial charge in [0.1, 0.15) is 244 Å². The first-order valence-corrected chi connectivity index (χ1v) is 38.1. The Morgan fingerprint density at radius 3 is 1.16 bits per heavy atom. The van der Waals surface area contributed by atoms with Crippen LogP contribution in [0.2, 0.25) is 0 Å². The monoisotopic (exact) mass is 1800 g/mol. The maximum absolute atomic E-state index is 13.7. The van der Waals surface area contributed by atoms with Crippen molar-refractivity contribution in [3.63, 3.8) is 0 Å². The number of carboxylic acids is 2. The summed E-state index contributed by atoms with van der Waals surface area (Å²) in [5.74, 6) is -7.86. The Balaban J connectivity index is 1.06. The number of aliphatic hydroxyl groups is 33. The van der Waals surface area contributed by atoms with Crippen molar-refractivity contribution in [1.82, 2.24) is 0 Å². The smallest absolute Gasteiger partial charge is 0.364 e. The largest absolute Gasteiger partial charge is 0.479 e. The molecule has 0 aliphatic carbocycles. The van der Waals surface area contributed by atoms with Crippen LogP contribution in [0.4, 0.5) is 0 Å². The van der Waals surface area contributed by atoms with E-state index in [-0.39, 0.29) is 0 Å². The maximum Gasteiger partial charge on any atom is 0.364 e. The molecule has 57 nitrogen and oxygen atoms in total. The topological polar surface area (TPSA) is 944 Å². The number of nitrogens with two attached hydrogens (primary N) is 1. The lowest BCUT2D eigenvalue weighted by molar-refractivity contribution is -0.423. The van der Waals surface area contributed by atoms with E-state index >= 15 is 0 Å². The van der Waals surface area contributed by atoms with E-state index in [0.29, 0.717) is 0 Å². The zero-order valence-electron chi connectivity index (χ0n) is 63.4. The molecule has 10 rings (SSSR count). The van der Waals surface area contributed by atoms with Gasteiger partial charge in [0, 0.05) is 6.42 Å². The van der Waals surface area contributed by atoms with Crippen molar-refractivity contribution in [3.05, 3.63) is 0 Å². The Morgan fingerprint density at radius 1 is 0.320 bits per heavy atom. The van der Waals surface area contributed by atoms with Gasteiger partial charge in [-0.3, -0.25) is 0 Å². The first-order chi connectivity index (χ1) is 57.5. The summed E-state index contributed by atoms with van der Waals surface area (Å²) in [5, 5.41) is 386. The van der Waals surface area contributed by atoms with Crippen molar-refractivity contribution in [3.8, 4) is 0 Å². The zero-order valence-corrected chi connectivity index (χ0v) is 63.4. The van der Waals surface area contributed by atoms with Gasteiger partial charge < -0.3 is 274 Å². The quantitative estimate of drug-likeness (QED) is 0.0290. The molecule has 0 aromatic heterocycles. The minimum atomic E-state index is -3.41. The highest BCUT2D eigenvalue weighted by molar-refractivity contribution is 5.75. The van der Waals surface area contributed by atoms with Crippen LogP contribution in [0.5, 0.6) is 0 Å². The molecule has 10 heterocycles. The standard InChI is InChI=1S/C65H109NO56/c66-21-26(83)47(115-58-36(93)28(85)23(80)17(6-71)107-58)20(10-105-56-34(91)27(84)22(79)16(5-70)106-56)110-55(21)116-48-33(90)39(96)61(120-52(48)54(99)100)117-49-40(97)43(15(78)9-104-57-35(92)31(88)32(89)42(111-57)12(75)2-67)112-63(53(49)121-60-38(95)30(87)25(82)19(8-73)109-60)118-50-41(98)62(113-44-11(74)1-65(103,64(101)102)122-46(44)14(77)4-69)114-45(13(76)3-68)51(50)119-59-37(94)29(86)24(81)18(7-72)108-59/h11-53,55-63,67-98,103H,1-10,66H2,(H,99,100)(H,101,102)/t11-,12+,13+,14-,15+,16-,17-,18-,19-,20-,21-,22-,23+,24-,25-,26-,27+,28+,29+,30+,31+,32+,33-,34-,35+,36-,37-,38-,39-,40-,41+,42-,43-,44-,45-,46-,47-,48-,49+,50-,51-,52+,53+,55-,56-,57+,58+,59+,60+,61+,62+,63-,65-/m1/s1. The second-order valence-corrected chi connectivity index (χ2v) is 30.6. The predicted octanol–water partition coefficient (Wildman–Crippen LogP) is -24.8. The second kappa shape index (κ2) is 42.8. The molecular weight excluding hydrogens is 1690 g/mol. The number of aliphatic carboxylic acids is 2. The van der Waals surface area contributed by atoms with Gasteiger partial charge in [-0.2, -0.15) is 0 Å². The molecule has 0 aromatic rings. The van der Waals surface area contributed by atoms with E-state index in [1.54, 1.807) is 0 Å². The predicted molar refractivity (Wildman–Crippen MR) is 361 cm³/mol. The molecule has 37 N–H and O–H groups in total. The van der Waals surface area contributed by atoms with Gasteiger partial charge in [0.15, 0.2) is 62.7 Å². The molecule has 710 valence electrons. The first-order valence-electron chi connectivity index (χ1n) is 38.1. The number of carbonyl (C=O) groups is 2. The van der Waals surface area contributed by atoms with Gasteiger partial charge in [0.05, 0.1) is 71.6 Å². The average Bonchev–Trinajstić information content (AvgIpc) is 0.749. The molecule has 0 saturated carbocycles. The number of hydrogen-bond acceptors (Lipinski definition) is 55. The fourth-order valence-corrected chi connectivity index (χ4v) is 15.3. The molecule has 10 aliphatic heterocycles. The van der Waals surface area contributed by atoms with Gasteiger partial charge >= 0.3 is 11.9 Å². The Kier molecular flexibility index (Phi) is 35.4. The Morgan fingerprint density at radius 2 is 0.672 bits per heavy atom. The fraction of sp³-hybridized carbons (Fsp3) is 0.969. The molecule has 57 heteroatoms. The normalized spacial score (nSPS) is 51.0. The van der Waals surface area contributed by atoms with Crippen LogP contribution < -0.4 is 5.73 Å². The number of hydrogen-bond donors (Lipinski definition) is 36. The van der Waals surface area contributed by atoms with Gasteiger partial charge in [-0.1, -0.05) is 0 Å². The van der Waals surface area contributed by atoms with Crippen LogP contribution in [-0.4, -0.2) is 575 Å². The Hall–Kier alpha value is -3.18. The van der Waals surface area contributed by atoms with Crippen molar-refractivity contribution >= 4 is 11.9 Å². The molecule has 10 fully saturated rings. The summed E-state index contributed by atoms with van der Waals surface area (Å²) >= 11 is 0. The molecule has 10 aliphatic rings. The van der Waals surface area contributed by atoms with Gasteiger partial charge in [0.2, 0.25) is 0 Å². The third-order valence-electron chi connectivity index (χ3n) is 22.4. The van der Waals surface area contributed by atoms with Gasteiger partial charge in [-0.05, 0) is 0 Å². The zero-order chi connectivity index (χ0) is 90.2. The lowest BCUT2D eigenvalue weighted by Gasteiger charge is -2.53. The van der Waals surface area contributed by atoms with E-state index in [1.807, 2.05) is 0 Å². The summed E-state index contributed by atoms with van der Waals surface area (Å²) in [6.45, 7) is -11.2. The molecule has 0 bridgehead atoms. The van der Waals surface area contributed by atoms with E-state index in [9.17, 15) is 188 Å². The first kappa shape index (κ1) is 101. The van der Waals surface area contributed by atoms with Crippen LogP contribution in [0.1, 0.15) is 6.42 Å². The summed E-state index contributed by atoms with van der Waals surface area (Å²) in [4.78, 5) is 26.0. The minimum Gasteiger partial charge on any atom is -0.479 e. The fourth-order valence-electron chi connectivity index (χ4n) is 15.3. The second-order valence-electron chi connectivity index (χ2n) is 30.6. The van der Waals surface area contributed by atoms with E-state index in [4.69, 9.17) is 95.7 Å². The lowest BCUT2D eigenvalue weighted by atomic mass is 9.91. The average molecular weight is 1800 g/mol. The van der Waals surface area contributed by atoms with Crippen molar-refractivity contribution in [2.75, 3.05) is 59.5 Å². The molecule has 0 radical (unpaired) electrons. The van der Waals surface area contributed by atoms with Gasteiger partial charge in [-0.25, -0.2) is 9.59 Å². The minimum absolute atomic E-state index is 1.01. The Labute approximate surface area is 685 Å². The van der Waals surface area contributed by atoms with Crippen LogP contribution in [0, 0.1) is 0 Å². The summed E-state index contributed by atoms with van der Waals surface area (Å²) in [6.07, 6.45) is -124. The summed E-state index contributed by atoms with van der Waals surface area (Å²) < 4.78 is 110. The highest BCUT2D eigenvalue weighted by atomic mass is 16.8. The van der Waals surface area contributed by atoms with Gasteiger partial charge in [-0.15, -0.1) is 0 Å². The summed E-state index contributed by atoms with van der Waals surface area (Å²) in [5.41, 5.74) is 6.45. The van der Waals surface area contributed by atoms with Crippen LogP contribution in [0.15, 0.2) is 0 Å². The maximum atomic E-state index is 13.7. The third kappa shape index (κ3) is 21.1. The molecule has 10 saturated heterocycles. The van der Waals surface area contributed by atoms with Crippen LogP contribution >= 0.6 is 0 Å². The number of rotatable bonds is 33. The molecule has 0 unspecified atom stereocenters. The number of aliphatic hydroxyl groups excluding tert-OH is 32. The molecule has 0 amide bonds.